The molecule has 0 saturated carbocycles. The number of carbonyl (C=O) groups is 2. The smallest absolute Gasteiger partial charge is 0.236 e. The molecule has 3 rings (SSSR count). The van der Waals surface area contributed by atoms with E-state index in [1.165, 1.54) is 30.0 Å². The van der Waals surface area contributed by atoms with Gasteiger partial charge in [0, 0.05) is 17.4 Å². The SMILES string of the molecule is CC(=O)c1sc(NC(=O)CSc2ccccc2C)nc1-c1ccccc1. The van der Waals surface area contributed by atoms with Crippen molar-refractivity contribution in [3.8, 4) is 11.3 Å². The Hall–Kier alpha value is -2.44. The van der Waals surface area contributed by atoms with E-state index in [2.05, 4.69) is 10.3 Å². The number of nitrogens with zero attached hydrogens (tertiary/aromatic N) is 1. The van der Waals surface area contributed by atoms with E-state index in [1.807, 2.05) is 61.5 Å². The molecule has 0 aliphatic rings. The van der Waals surface area contributed by atoms with Crippen LogP contribution in [-0.4, -0.2) is 22.4 Å². The number of carbonyl (C=O) groups excluding carboxylic acids is 2. The standard InChI is InChI=1S/C20H18N2O2S2/c1-13-8-6-7-11-16(13)25-12-17(24)21-20-22-18(19(26-20)14(2)23)15-9-4-3-5-10-15/h3-11H,12H2,1-2H3,(H,21,22,24). The Morgan fingerprint density at radius 3 is 2.46 bits per heavy atom. The Bertz CT molecular complexity index is 936. The van der Waals surface area contributed by atoms with Gasteiger partial charge in [0.05, 0.1) is 16.3 Å². The van der Waals surface area contributed by atoms with Crippen molar-refractivity contribution in [1.29, 1.82) is 0 Å². The number of aromatic nitrogens is 1. The number of hydrogen-bond acceptors (Lipinski definition) is 5. The first-order valence-corrected chi connectivity index (χ1v) is 9.90. The lowest BCUT2D eigenvalue weighted by atomic mass is 10.1. The highest BCUT2D eigenvalue weighted by Gasteiger charge is 2.17. The second-order valence-corrected chi connectivity index (χ2v) is 7.74. The first kappa shape index (κ1) is 18.4. The maximum Gasteiger partial charge on any atom is 0.236 e. The van der Waals surface area contributed by atoms with Gasteiger partial charge in [-0.2, -0.15) is 0 Å². The van der Waals surface area contributed by atoms with E-state index in [0.717, 1.165) is 16.0 Å². The van der Waals surface area contributed by atoms with Gasteiger partial charge < -0.3 is 5.32 Å². The van der Waals surface area contributed by atoms with E-state index >= 15 is 0 Å². The zero-order valence-electron chi connectivity index (χ0n) is 14.5. The molecule has 132 valence electrons. The lowest BCUT2D eigenvalue weighted by molar-refractivity contribution is -0.113. The molecule has 0 atom stereocenters. The highest BCUT2D eigenvalue weighted by Crippen LogP contribution is 2.31. The molecule has 0 fully saturated rings. The largest absolute Gasteiger partial charge is 0.301 e. The lowest BCUT2D eigenvalue weighted by Crippen LogP contribution is -2.13. The van der Waals surface area contributed by atoms with Crippen molar-refractivity contribution in [3.63, 3.8) is 0 Å². The predicted octanol–water partition coefficient (Wildman–Crippen LogP) is 5.05. The molecule has 0 bridgehead atoms. The molecule has 0 saturated heterocycles. The average Bonchev–Trinajstić information content (AvgIpc) is 3.06. The molecule has 1 aromatic heterocycles. The van der Waals surface area contributed by atoms with Crippen LogP contribution in [0.2, 0.25) is 0 Å². The van der Waals surface area contributed by atoms with Crippen LogP contribution in [-0.2, 0) is 4.79 Å². The highest BCUT2D eigenvalue weighted by atomic mass is 32.2. The zero-order valence-corrected chi connectivity index (χ0v) is 16.1. The molecule has 0 aliphatic heterocycles. The van der Waals surface area contributed by atoms with Crippen LogP contribution in [0.25, 0.3) is 11.3 Å². The van der Waals surface area contributed by atoms with Crippen molar-refractivity contribution in [2.24, 2.45) is 0 Å². The van der Waals surface area contributed by atoms with Gasteiger partial charge in [0.2, 0.25) is 5.91 Å². The molecule has 1 heterocycles. The minimum atomic E-state index is -0.137. The Morgan fingerprint density at radius 2 is 1.77 bits per heavy atom. The van der Waals surface area contributed by atoms with Gasteiger partial charge in [-0.15, -0.1) is 11.8 Å². The summed E-state index contributed by atoms with van der Waals surface area (Å²) < 4.78 is 0. The van der Waals surface area contributed by atoms with Crippen LogP contribution >= 0.6 is 23.1 Å². The molecule has 0 unspecified atom stereocenters. The summed E-state index contributed by atoms with van der Waals surface area (Å²) in [5.74, 6) is 0.0957. The predicted molar refractivity (Wildman–Crippen MR) is 108 cm³/mol. The Kier molecular flexibility index (Phi) is 5.85. The summed E-state index contributed by atoms with van der Waals surface area (Å²) in [4.78, 5) is 30.3. The molecule has 0 aliphatic carbocycles. The summed E-state index contributed by atoms with van der Waals surface area (Å²) in [6.07, 6.45) is 0. The summed E-state index contributed by atoms with van der Waals surface area (Å²) in [6.45, 7) is 3.53. The quantitative estimate of drug-likeness (QED) is 0.479. The van der Waals surface area contributed by atoms with Gasteiger partial charge in [-0.05, 0) is 18.6 Å². The monoisotopic (exact) mass is 382 g/mol. The fourth-order valence-corrected chi connectivity index (χ4v) is 4.15. The van der Waals surface area contributed by atoms with E-state index in [9.17, 15) is 9.59 Å². The maximum atomic E-state index is 12.3. The number of anilines is 1. The van der Waals surface area contributed by atoms with Crippen LogP contribution in [0.3, 0.4) is 0 Å². The number of aryl methyl sites for hydroxylation is 1. The Morgan fingerprint density at radius 1 is 1.08 bits per heavy atom. The molecular weight excluding hydrogens is 364 g/mol. The fourth-order valence-electron chi connectivity index (χ4n) is 2.42. The third-order valence-electron chi connectivity index (χ3n) is 3.69. The first-order valence-electron chi connectivity index (χ1n) is 8.10. The van der Waals surface area contributed by atoms with Crippen molar-refractivity contribution in [1.82, 2.24) is 4.98 Å². The summed E-state index contributed by atoms with van der Waals surface area (Å²) in [6, 6.07) is 17.5. The van der Waals surface area contributed by atoms with Crippen LogP contribution < -0.4 is 5.32 Å². The molecule has 6 heteroatoms. The number of benzene rings is 2. The minimum absolute atomic E-state index is 0.0591. The van der Waals surface area contributed by atoms with Crippen LogP contribution in [0.1, 0.15) is 22.2 Å². The number of nitrogens with one attached hydrogen (secondary N) is 1. The number of ketones is 1. The second kappa shape index (κ2) is 8.29. The van der Waals surface area contributed by atoms with E-state index < -0.39 is 0 Å². The minimum Gasteiger partial charge on any atom is -0.301 e. The topological polar surface area (TPSA) is 59.1 Å². The van der Waals surface area contributed by atoms with Crippen LogP contribution in [0.4, 0.5) is 5.13 Å². The molecular formula is C20H18N2O2S2. The summed E-state index contributed by atoms with van der Waals surface area (Å²) >= 11 is 2.70. The zero-order chi connectivity index (χ0) is 18.5. The number of rotatable bonds is 6. The molecule has 26 heavy (non-hydrogen) atoms. The van der Waals surface area contributed by atoms with Crippen molar-refractivity contribution in [3.05, 3.63) is 65.0 Å². The summed E-state index contributed by atoms with van der Waals surface area (Å²) in [5.41, 5.74) is 2.62. The van der Waals surface area contributed by atoms with Crippen LogP contribution in [0.15, 0.2) is 59.5 Å². The molecule has 1 amide bonds. The normalized spacial score (nSPS) is 10.5. The van der Waals surface area contributed by atoms with Crippen molar-refractivity contribution in [2.75, 3.05) is 11.1 Å². The number of thioether (sulfide) groups is 1. The molecule has 3 aromatic rings. The van der Waals surface area contributed by atoms with Gasteiger partial charge in [-0.25, -0.2) is 4.98 Å². The number of hydrogen-bond donors (Lipinski definition) is 1. The van der Waals surface area contributed by atoms with Crippen molar-refractivity contribution in [2.45, 2.75) is 18.7 Å². The van der Waals surface area contributed by atoms with Gasteiger partial charge in [-0.3, -0.25) is 9.59 Å². The Balaban J connectivity index is 1.73. The molecule has 0 radical (unpaired) electrons. The second-order valence-electron chi connectivity index (χ2n) is 5.72. The number of thiazole rings is 1. The van der Waals surface area contributed by atoms with Crippen LogP contribution in [0, 0.1) is 6.92 Å². The molecule has 1 N–H and O–H groups in total. The first-order chi connectivity index (χ1) is 12.5. The van der Waals surface area contributed by atoms with Crippen molar-refractivity contribution < 1.29 is 9.59 Å². The van der Waals surface area contributed by atoms with Crippen molar-refractivity contribution >= 4 is 39.9 Å². The molecule has 0 spiro atoms. The van der Waals surface area contributed by atoms with Gasteiger partial charge >= 0.3 is 0 Å². The average molecular weight is 383 g/mol. The van der Waals surface area contributed by atoms with Gasteiger partial charge in [0.1, 0.15) is 0 Å². The summed E-state index contributed by atoms with van der Waals surface area (Å²) in [5, 5.41) is 3.26. The van der Waals surface area contributed by atoms with E-state index in [-0.39, 0.29) is 11.7 Å². The Labute approximate surface area is 160 Å². The van der Waals surface area contributed by atoms with E-state index in [4.69, 9.17) is 0 Å². The maximum absolute atomic E-state index is 12.3. The molecule has 2 aromatic carbocycles. The number of Topliss-reactive ketones (excluding diaryl/α,β-unsaturated/α-hetero) is 1. The van der Waals surface area contributed by atoms with E-state index in [1.54, 1.807) is 0 Å². The van der Waals surface area contributed by atoms with Gasteiger partial charge in [-0.1, -0.05) is 59.9 Å². The number of amides is 1. The van der Waals surface area contributed by atoms with Gasteiger partial charge in [0.25, 0.3) is 0 Å². The fraction of sp³-hybridized carbons (Fsp3) is 0.150. The van der Waals surface area contributed by atoms with Gasteiger partial charge in [0.15, 0.2) is 10.9 Å². The highest BCUT2D eigenvalue weighted by molar-refractivity contribution is 8.00. The third-order valence-corrected chi connectivity index (χ3v) is 5.94. The summed E-state index contributed by atoms with van der Waals surface area (Å²) in [7, 11) is 0. The lowest BCUT2D eigenvalue weighted by Gasteiger charge is -2.04. The van der Waals surface area contributed by atoms with Crippen LogP contribution in [0.5, 0.6) is 0 Å². The van der Waals surface area contributed by atoms with E-state index in [0.29, 0.717) is 21.5 Å². The third kappa shape index (κ3) is 4.39. The molecule has 4 nitrogen and oxygen atoms in total.